The molecular weight excluding hydrogens is 420 g/mol. The van der Waals surface area contributed by atoms with Crippen molar-refractivity contribution in [2.45, 2.75) is 11.8 Å². The molecule has 0 aliphatic heterocycles. The molecule has 2 aromatic carbocycles. The van der Waals surface area contributed by atoms with Crippen LogP contribution in [0.1, 0.15) is 15.9 Å². The smallest absolute Gasteiger partial charge is 0.343 e. The number of anilines is 1. The zero-order valence-electron chi connectivity index (χ0n) is 16.4. The molecule has 0 fully saturated rings. The number of sulfonamides is 1. The summed E-state index contributed by atoms with van der Waals surface area (Å²) >= 11 is 6.01. The number of aryl methyl sites for hydroxylation is 1. The number of ether oxygens (including phenoxy) is 2. The van der Waals surface area contributed by atoms with Crippen LogP contribution in [0.5, 0.6) is 5.75 Å². The molecule has 8 nitrogen and oxygen atoms in total. The van der Waals surface area contributed by atoms with Crippen molar-refractivity contribution in [3.8, 4) is 5.75 Å². The van der Waals surface area contributed by atoms with E-state index in [-0.39, 0.29) is 22.1 Å². The lowest BCUT2D eigenvalue weighted by Crippen LogP contribution is -2.23. The minimum Gasteiger partial charge on any atom is -0.482 e. The van der Waals surface area contributed by atoms with Gasteiger partial charge >= 0.3 is 5.97 Å². The van der Waals surface area contributed by atoms with Crippen LogP contribution >= 0.6 is 11.6 Å². The highest BCUT2D eigenvalue weighted by Crippen LogP contribution is 2.26. The number of esters is 1. The number of methoxy groups -OCH3 is 1. The van der Waals surface area contributed by atoms with Crippen LogP contribution in [0.25, 0.3) is 0 Å². The van der Waals surface area contributed by atoms with E-state index in [1.807, 2.05) is 0 Å². The Labute approximate surface area is 174 Å². The third-order valence-corrected chi connectivity index (χ3v) is 6.28. The first-order valence-corrected chi connectivity index (χ1v) is 10.2. The zero-order chi connectivity index (χ0) is 21.8. The van der Waals surface area contributed by atoms with Crippen LogP contribution in [0, 0.1) is 6.92 Å². The molecule has 2 aromatic rings. The van der Waals surface area contributed by atoms with Gasteiger partial charge in [0.05, 0.1) is 12.1 Å². The van der Waals surface area contributed by atoms with Crippen LogP contribution < -0.4 is 10.1 Å². The molecule has 0 saturated heterocycles. The third kappa shape index (κ3) is 5.47. The Hall–Kier alpha value is -2.62. The molecule has 0 bridgehead atoms. The van der Waals surface area contributed by atoms with Gasteiger partial charge in [-0.25, -0.2) is 17.5 Å². The first-order valence-electron chi connectivity index (χ1n) is 8.40. The maximum Gasteiger partial charge on any atom is 0.343 e. The first kappa shape index (κ1) is 22.7. The lowest BCUT2D eigenvalue weighted by Gasteiger charge is -2.14. The van der Waals surface area contributed by atoms with Crippen molar-refractivity contribution in [2.24, 2.45) is 0 Å². The Bertz CT molecular complexity index is 1040. The van der Waals surface area contributed by atoms with Gasteiger partial charge in [-0.15, -0.1) is 0 Å². The van der Waals surface area contributed by atoms with Gasteiger partial charge in [-0.05, 0) is 48.9 Å². The summed E-state index contributed by atoms with van der Waals surface area (Å²) in [6, 6.07) is 8.90. The van der Waals surface area contributed by atoms with E-state index in [1.54, 1.807) is 25.1 Å². The van der Waals surface area contributed by atoms with E-state index in [4.69, 9.17) is 16.3 Å². The molecule has 0 aliphatic carbocycles. The van der Waals surface area contributed by atoms with E-state index in [0.29, 0.717) is 17.0 Å². The predicted octanol–water partition coefficient (Wildman–Crippen LogP) is 2.70. The minimum atomic E-state index is -3.80. The van der Waals surface area contributed by atoms with E-state index in [9.17, 15) is 18.0 Å². The lowest BCUT2D eigenvalue weighted by molar-refractivity contribution is -0.142. The van der Waals surface area contributed by atoms with Gasteiger partial charge in [0.1, 0.15) is 10.6 Å². The maximum absolute atomic E-state index is 12.6. The number of benzene rings is 2. The second-order valence-corrected chi connectivity index (χ2v) is 8.76. The van der Waals surface area contributed by atoms with Crippen LogP contribution in [0.3, 0.4) is 0 Å². The summed E-state index contributed by atoms with van der Waals surface area (Å²) in [7, 11) is 0.228. The zero-order valence-corrected chi connectivity index (χ0v) is 17.9. The number of nitrogens with zero attached hydrogens (tertiary/aromatic N) is 1. The Morgan fingerprint density at radius 3 is 2.41 bits per heavy atom. The molecule has 2 rings (SSSR count). The summed E-state index contributed by atoms with van der Waals surface area (Å²) in [5.74, 6) is -0.564. The topological polar surface area (TPSA) is 102 Å². The molecule has 0 spiro atoms. The van der Waals surface area contributed by atoms with Gasteiger partial charge in [-0.2, -0.15) is 0 Å². The molecule has 1 N–H and O–H groups in total. The Morgan fingerprint density at radius 1 is 1.14 bits per heavy atom. The SMILES string of the molecule is COC(=O)COc1ccc(NC(=O)c2ccc(Cl)c(S(=O)(=O)N(C)C)c2)c(C)c1. The van der Waals surface area contributed by atoms with Gasteiger partial charge < -0.3 is 14.8 Å². The molecule has 0 heterocycles. The molecule has 0 aromatic heterocycles. The molecule has 0 unspecified atom stereocenters. The average molecular weight is 441 g/mol. The predicted molar refractivity (Wildman–Crippen MR) is 109 cm³/mol. The van der Waals surface area contributed by atoms with E-state index >= 15 is 0 Å². The van der Waals surface area contributed by atoms with Gasteiger partial charge in [0, 0.05) is 25.3 Å². The Morgan fingerprint density at radius 2 is 1.83 bits per heavy atom. The second-order valence-electron chi connectivity index (χ2n) is 6.23. The van der Waals surface area contributed by atoms with Crippen molar-refractivity contribution >= 4 is 39.2 Å². The van der Waals surface area contributed by atoms with Crippen molar-refractivity contribution in [1.29, 1.82) is 0 Å². The summed E-state index contributed by atoms with van der Waals surface area (Å²) < 4.78 is 35.6. The maximum atomic E-state index is 12.6. The Balaban J connectivity index is 2.21. The highest BCUT2D eigenvalue weighted by Gasteiger charge is 2.22. The molecule has 0 saturated carbocycles. The molecule has 0 aliphatic rings. The van der Waals surface area contributed by atoms with Gasteiger partial charge in [0.25, 0.3) is 5.91 Å². The molecule has 10 heteroatoms. The van der Waals surface area contributed by atoms with E-state index in [0.717, 1.165) is 4.31 Å². The van der Waals surface area contributed by atoms with E-state index < -0.39 is 21.9 Å². The van der Waals surface area contributed by atoms with Crippen LogP contribution in [0.4, 0.5) is 5.69 Å². The fourth-order valence-electron chi connectivity index (χ4n) is 2.30. The van der Waals surface area contributed by atoms with Crippen molar-refractivity contribution in [3.05, 3.63) is 52.5 Å². The van der Waals surface area contributed by atoms with Crippen molar-refractivity contribution in [1.82, 2.24) is 4.31 Å². The highest BCUT2D eigenvalue weighted by atomic mass is 35.5. The van der Waals surface area contributed by atoms with E-state index in [2.05, 4.69) is 10.1 Å². The van der Waals surface area contributed by atoms with Gasteiger partial charge in [-0.3, -0.25) is 4.79 Å². The number of hydrogen-bond acceptors (Lipinski definition) is 6. The normalized spacial score (nSPS) is 11.2. The number of carbonyl (C=O) groups is 2. The van der Waals surface area contributed by atoms with Crippen LogP contribution in [0.15, 0.2) is 41.3 Å². The summed E-state index contributed by atoms with van der Waals surface area (Å²) in [4.78, 5) is 23.6. The summed E-state index contributed by atoms with van der Waals surface area (Å²) in [5.41, 5.74) is 1.34. The number of rotatable bonds is 7. The summed E-state index contributed by atoms with van der Waals surface area (Å²) in [6.45, 7) is 1.53. The number of nitrogens with one attached hydrogen (secondary N) is 1. The molecule has 1 amide bonds. The number of carbonyl (C=O) groups excluding carboxylic acids is 2. The molecule has 29 heavy (non-hydrogen) atoms. The number of hydrogen-bond donors (Lipinski definition) is 1. The number of halogens is 1. The molecular formula is C19H21ClN2O6S. The average Bonchev–Trinajstić information content (AvgIpc) is 2.67. The van der Waals surface area contributed by atoms with Crippen molar-refractivity contribution in [3.63, 3.8) is 0 Å². The molecule has 156 valence electrons. The summed E-state index contributed by atoms with van der Waals surface area (Å²) in [6.07, 6.45) is 0. The summed E-state index contributed by atoms with van der Waals surface area (Å²) in [5, 5.41) is 2.75. The monoisotopic (exact) mass is 440 g/mol. The molecule has 0 atom stereocenters. The van der Waals surface area contributed by atoms with E-state index in [1.165, 1.54) is 39.4 Å². The quantitative estimate of drug-likeness (QED) is 0.664. The van der Waals surface area contributed by atoms with Crippen LogP contribution in [-0.4, -0.2) is 52.4 Å². The minimum absolute atomic E-state index is 0.0264. The van der Waals surface area contributed by atoms with Gasteiger partial charge in [0.15, 0.2) is 6.61 Å². The first-order chi connectivity index (χ1) is 13.6. The lowest BCUT2D eigenvalue weighted by atomic mass is 10.1. The Kier molecular flexibility index (Phi) is 7.23. The molecule has 0 radical (unpaired) electrons. The largest absolute Gasteiger partial charge is 0.482 e. The van der Waals surface area contributed by atoms with Gasteiger partial charge in [-0.1, -0.05) is 11.6 Å². The number of amides is 1. The third-order valence-electron chi connectivity index (χ3n) is 3.98. The van der Waals surface area contributed by atoms with Crippen molar-refractivity contribution in [2.75, 3.05) is 33.1 Å². The highest BCUT2D eigenvalue weighted by molar-refractivity contribution is 7.89. The fourth-order valence-corrected chi connectivity index (χ4v) is 3.69. The van der Waals surface area contributed by atoms with Crippen LogP contribution in [-0.2, 0) is 19.6 Å². The standard InChI is InChI=1S/C19H21ClN2O6S/c1-12-9-14(28-11-18(23)27-4)6-8-16(12)21-19(24)13-5-7-15(20)17(10-13)29(25,26)22(2)3/h5-10H,11H2,1-4H3,(H,21,24). The second kappa shape index (κ2) is 9.25. The fraction of sp³-hybridized carbons (Fsp3) is 0.263. The van der Waals surface area contributed by atoms with Crippen LogP contribution in [0.2, 0.25) is 5.02 Å². The van der Waals surface area contributed by atoms with Gasteiger partial charge in [0.2, 0.25) is 10.0 Å². The van der Waals surface area contributed by atoms with Crippen molar-refractivity contribution < 1.29 is 27.5 Å².